The summed E-state index contributed by atoms with van der Waals surface area (Å²) in [6, 6.07) is 15.8. The topological polar surface area (TPSA) is 49.9 Å². The minimum absolute atomic E-state index is 0.309. The number of sulfonamides is 1. The van der Waals surface area contributed by atoms with Gasteiger partial charge in [0.2, 0.25) is 10.0 Å². The summed E-state index contributed by atoms with van der Waals surface area (Å²) in [7, 11) is -3.42. The number of para-hydroxylation sites is 1. The third kappa shape index (κ3) is 3.61. The van der Waals surface area contributed by atoms with Crippen molar-refractivity contribution >= 4 is 10.0 Å². The number of hydrogen-bond acceptors (Lipinski definition) is 4. The number of rotatable bonds is 4. The van der Waals surface area contributed by atoms with Crippen LogP contribution in [0.15, 0.2) is 53.4 Å². The van der Waals surface area contributed by atoms with Gasteiger partial charge in [-0.1, -0.05) is 37.3 Å². The number of piperazine rings is 1. The Kier molecular flexibility index (Phi) is 5.21. The third-order valence-corrected chi connectivity index (χ3v) is 7.52. The minimum atomic E-state index is -3.42. The molecule has 5 nitrogen and oxygen atoms in total. The summed E-state index contributed by atoms with van der Waals surface area (Å²) in [4.78, 5) is 2.79. The molecule has 0 radical (unpaired) electrons. The Morgan fingerprint density at radius 1 is 1.00 bits per heavy atom. The fourth-order valence-electron chi connectivity index (χ4n) is 4.00. The number of hydrogen-bond donors (Lipinski definition) is 0. The monoisotopic (exact) mass is 386 g/mol. The van der Waals surface area contributed by atoms with E-state index in [0.717, 1.165) is 37.2 Å². The maximum atomic E-state index is 13.0. The standard InChI is InChI=1S/C21H26N2O3S/c1-2-17-7-9-18(10-8-17)27(24,25)23-14-12-22(13-15-23)20-11-16-26-21-6-4-3-5-19(20)21/h3-10,20H,2,11-16H2,1H3. The lowest BCUT2D eigenvalue weighted by atomic mass is 9.98. The molecule has 6 heteroatoms. The first kappa shape index (κ1) is 18.5. The molecule has 0 aliphatic carbocycles. The van der Waals surface area contributed by atoms with E-state index >= 15 is 0 Å². The molecule has 2 aromatic rings. The minimum Gasteiger partial charge on any atom is -0.493 e. The Morgan fingerprint density at radius 3 is 2.41 bits per heavy atom. The van der Waals surface area contributed by atoms with Crippen LogP contribution >= 0.6 is 0 Å². The second-order valence-electron chi connectivity index (χ2n) is 7.13. The van der Waals surface area contributed by atoms with E-state index in [2.05, 4.69) is 17.9 Å². The second kappa shape index (κ2) is 7.62. The normalized spacial score (nSPS) is 21.4. The van der Waals surface area contributed by atoms with Crippen molar-refractivity contribution in [3.63, 3.8) is 0 Å². The molecule has 2 aliphatic heterocycles. The summed E-state index contributed by atoms with van der Waals surface area (Å²) in [5, 5.41) is 0. The van der Waals surface area contributed by atoms with E-state index in [0.29, 0.717) is 30.6 Å². The van der Waals surface area contributed by atoms with E-state index < -0.39 is 10.0 Å². The summed E-state index contributed by atoms with van der Waals surface area (Å²) < 4.78 is 33.3. The number of nitrogens with zero attached hydrogens (tertiary/aromatic N) is 2. The second-order valence-corrected chi connectivity index (χ2v) is 9.07. The lowest BCUT2D eigenvalue weighted by molar-refractivity contribution is 0.103. The van der Waals surface area contributed by atoms with Crippen LogP contribution in [0.25, 0.3) is 0 Å². The molecule has 1 saturated heterocycles. The molecule has 0 saturated carbocycles. The van der Waals surface area contributed by atoms with Gasteiger partial charge in [-0.2, -0.15) is 4.31 Å². The number of ether oxygens (including phenoxy) is 1. The predicted molar refractivity (Wildman–Crippen MR) is 105 cm³/mol. The molecule has 27 heavy (non-hydrogen) atoms. The molecule has 1 atom stereocenters. The zero-order valence-electron chi connectivity index (χ0n) is 15.7. The van der Waals surface area contributed by atoms with Gasteiger partial charge in [-0.15, -0.1) is 0 Å². The lowest BCUT2D eigenvalue weighted by Gasteiger charge is -2.40. The molecule has 2 aromatic carbocycles. The van der Waals surface area contributed by atoms with Crippen LogP contribution in [-0.4, -0.2) is 50.4 Å². The Balaban J connectivity index is 1.46. The van der Waals surface area contributed by atoms with Gasteiger partial charge in [0.05, 0.1) is 11.5 Å². The molecule has 2 heterocycles. The smallest absolute Gasteiger partial charge is 0.243 e. The van der Waals surface area contributed by atoms with Gasteiger partial charge in [-0.3, -0.25) is 4.90 Å². The number of benzene rings is 2. The maximum Gasteiger partial charge on any atom is 0.243 e. The van der Waals surface area contributed by atoms with Crippen molar-refractivity contribution in [2.75, 3.05) is 32.8 Å². The molecule has 0 N–H and O–H groups in total. The van der Waals surface area contributed by atoms with Crippen LogP contribution in [0.5, 0.6) is 5.75 Å². The SMILES string of the molecule is CCc1ccc(S(=O)(=O)N2CCN(C3CCOc4ccccc43)CC2)cc1. The average molecular weight is 387 g/mol. The van der Waals surface area contributed by atoms with Crippen molar-refractivity contribution in [2.45, 2.75) is 30.7 Å². The first-order valence-electron chi connectivity index (χ1n) is 9.64. The van der Waals surface area contributed by atoms with Gasteiger partial charge < -0.3 is 4.74 Å². The van der Waals surface area contributed by atoms with Gasteiger partial charge in [-0.25, -0.2) is 8.42 Å². The Morgan fingerprint density at radius 2 is 1.70 bits per heavy atom. The zero-order valence-corrected chi connectivity index (χ0v) is 16.5. The maximum absolute atomic E-state index is 13.0. The number of aryl methyl sites for hydroxylation is 1. The van der Waals surface area contributed by atoms with E-state index in [9.17, 15) is 8.42 Å². The van der Waals surface area contributed by atoms with Crippen LogP contribution in [0.2, 0.25) is 0 Å². The first-order valence-corrected chi connectivity index (χ1v) is 11.1. The first-order chi connectivity index (χ1) is 13.1. The highest BCUT2D eigenvalue weighted by molar-refractivity contribution is 7.89. The summed E-state index contributed by atoms with van der Waals surface area (Å²) in [6.45, 7) is 5.31. The van der Waals surface area contributed by atoms with Gasteiger partial charge in [0.1, 0.15) is 5.75 Å². The fourth-order valence-corrected chi connectivity index (χ4v) is 5.43. The lowest BCUT2D eigenvalue weighted by Crippen LogP contribution is -2.50. The molecular formula is C21H26N2O3S. The van der Waals surface area contributed by atoms with Crippen LogP contribution in [0, 0.1) is 0 Å². The van der Waals surface area contributed by atoms with E-state index in [-0.39, 0.29) is 0 Å². The zero-order chi connectivity index (χ0) is 18.9. The Bertz CT molecular complexity index is 888. The summed E-state index contributed by atoms with van der Waals surface area (Å²) in [5.74, 6) is 0.958. The highest BCUT2D eigenvalue weighted by atomic mass is 32.2. The quantitative estimate of drug-likeness (QED) is 0.810. The van der Waals surface area contributed by atoms with E-state index in [1.165, 1.54) is 5.56 Å². The van der Waals surface area contributed by atoms with Gasteiger partial charge >= 0.3 is 0 Å². The van der Waals surface area contributed by atoms with E-state index in [1.54, 1.807) is 16.4 Å². The van der Waals surface area contributed by atoms with Crippen molar-refractivity contribution in [1.82, 2.24) is 9.21 Å². The number of fused-ring (bicyclic) bond motifs is 1. The van der Waals surface area contributed by atoms with Crippen LogP contribution in [0.3, 0.4) is 0 Å². The van der Waals surface area contributed by atoms with Crippen LogP contribution in [-0.2, 0) is 16.4 Å². The predicted octanol–water partition coefficient (Wildman–Crippen LogP) is 3.08. The molecular weight excluding hydrogens is 360 g/mol. The fraction of sp³-hybridized carbons (Fsp3) is 0.429. The van der Waals surface area contributed by atoms with Crippen molar-refractivity contribution < 1.29 is 13.2 Å². The Labute approximate surface area is 161 Å². The Hall–Kier alpha value is -1.89. The van der Waals surface area contributed by atoms with Crippen LogP contribution in [0.4, 0.5) is 0 Å². The molecule has 0 spiro atoms. The van der Waals surface area contributed by atoms with Crippen molar-refractivity contribution in [1.29, 1.82) is 0 Å². The van der Waals surface area contributed by atoms with Gasteiger partial charge in [-0.05, 0) is 30.2 Å². The van der Waals surface area contributed by atoms with E-state index in [4.69, 9.17) is 4.74 Å². The molecule has 0 aromatic heterocycles. The molecule has 1 unspecified atom stereocenters. The summed E-state index contributed by atoms with van der Waals surface area (Å²) in [6.07, 6.45) is 1.85. The largest absolute Gasteiger partial charge is 0.493 e. The summed E-state index contributed by atoms with van der Waals surface area (Å²) >= 11 is 0. The molecule has 0 bridgehead atoms. The van der Waals surface area contributed by atoms with Gasteiger partial charge in [0, 0.05) is 44.2 Å². The van der Waals surface area contributed by atoms with Gasteiger partial charge in [0.25, 0.3) is 0 Å². The van der Waals surface area contributed by atoms with Gasteiger partial charge in [0.15, 0.2) is 0 Å². The van der Waals surface area contributed by atoms with Crippen molar-refractivity contribution in [2.24, 2.45) is 0 Å². The average Bonchev–Trinajstić information content (AvgIpc) is 2.73. The highest BCUT2D eigenvalue weighted by Gasteiger charge is 2.33. The van der Waals surface area contributed by atoms with Crippen LogP contribution < -0.4 is 4.74 Å². The molecule has 4 rings (SSSR count). The van der Waals surface area contributed by atoms with Crippen molar-refractivity contribution in [3.8, 4) is 5.75 Å². The van der Waals surface area contributed by atoms with Crippen LogP contribution in [0.1, 0.15) is 30.5 Å². The molecule has 0 amide bonds. The summed E-state index contributed by atoms with van der Waals surface area (Å²) in [5.41, 5.74) is 2.37. The molecule has 144 valence electrons. The molecule has 2 aliphatic rings. The highest BCUT2D eigenvalue weighted by Crippen LogP contribution is 2.36. The molecule has 1 fully saturated rings. The van der Waals surface area contributed by atoms with E-state index in [1.807, 2.05) is 30.3 Å². The third-order valence-electron chi connectivity index (χ3n) is 5.61. The van der Waals surface area contributed by atoms with Crippen molar-refractivity contribution in [3.05, 3.63) is 59.7 Å².